The monoisotopic (exact) mass is 297 g/mol. The molecule has 0 spiro atoms. The van der Waals surface area contributed by atoms with Crippen LogP contribution in [0.5, 0.6) is 0 Å². The molecule has 0 unspecified atom stereocenters. The van der Waals surface area contributed by atoms with Crippen LogP contribution in [0.25, 0.3) is 0 Å². The molecule has 1 saturated heterocycles. The number of aryl methyl sites for hydroxylation is 2. The Hall–Kier alpha value is -0.800. The minimum Gasteiger partial charge on any atom is -0.385 e. The van der Waals surface area contributed by atoms with E-state index in [9.17, 15) is 0 Å². The van der Waals surface area contributed by atoms with Gasteiger partial charge in [-0.25, -0.2) is 0 Å². The van der Waals surface area contributed by atoms with Gasteiger partial charge in [0.2, 0.25) is 0 Å². The van der Waals surface area contributed by atoms with Gasteiger partial charge in [-0.05, 0) is 71.3 Å². The van der Waals surface area contributed by atoms with Crippen molar-refractivity contribution >= 4 is 18.1 Å². The minimum absolute atomic E-state index is 0. The molecule has 0 bridgehead atoms. The summed E-state index contributed by atoms with van der Waals surface area (Å²) in [4.78, 5) is 7.01. The summed E-state index contributed by atoms with van der Waals surface area (Å²) in [6.45, 7) is 9.07. The highest BCUT2D eigenvalue weighted by Gasteiger charge is 2.08. The van der Waals surface area contributed by atoms with E-state index >= 15 is 0 Å². The van der Waals surface area contributed by atoms with Gasteiger partial charge in [-0.3, -0.25) is 4.98 Å². The van der Waals surface area contributed by atoms with Gasteiger partial charge in [0, 0.05) is 23.6 Å². The van der Waals surface area contributed by atoms with Crippen molar-refractivity contribution in [2.45, 2.75) is 46.0 Å². The fourth-order valence-corrected chi connectivity index (χ4v) is 2.81. The molecule has 2 heterocycles. The predicted molar refractivity (Wildman–Crippen MR) is 89.0 cm³/mol. The number of rotatable bonds is 6. The molecular weight excluding hydrogens is 270 g/mol. The lowest BCUT2D eigenvalue weighted by Crippen LogP contribution is -2.30. The van der Waals surface area contributed by atoms with Gasteiger partial charge in [0.05, 0.1) is 0 Å². The Bertz CT molecular complexity index is 369. The summed E-state index contributed by atoms with van der Waals surface area (Å²) in [5.41, 5.74) is 3.40. The normalized spacial score (nSPS) is 15.7. The van der Waals surface area contributed by atoms with Crippen LogP contribution in [-0.4, -0.2) is 36.1 Å². The lowest BCUT2D eigenvalue weighted by atomic mass is 10.1. The number of anilines is 1. The average molecular weight is 298 g/mol. The van der Waals surface area contributed by atoms with Gasteiger partial charge in [0.25, 0.3) is 0 Å². The zero-order valence-corrected chi connectivity index (χ0v) is 13.6. The third kappa shape index (κ3) is 6.10. The van der Waals surface area contributed by atoms with Crippen molar-refractivity contribution in [3.63, 3.8) is 0 Å². The van der Waals surface area contributed by atoms with E-state index < -0.39 is 0 Å². The number of unbranched alkanes of at least 4 members (excludes halogenated alkanes) is 1. The van der Waals surface area contributed by atoms with Crippen LogP contribution in [0.4, 0.5) is 5.69 Å². The van der Waals surface area contributed by atoms with Crippen LogP contribution in [0.15, 0.2) is 12.1 Å². The van der Waals surface area contributed by atoms with Gasteiger partial charge < -0.3 is 10.2 Å². The molecule has 3 nitrogen and oxygen atoms in total. The molecule has 1 aromatic rings. The van der Waals surface area contributed by atoms with Crippen LogP contribution in [0.1, 0.15) is 43.5 Å². The molecule has 1 fully saturated rings. The van der Waals surface area contributed by atoms with Crippen molar-refractivity contribution in [2.75, 3.05) is 31.5 Å². The number of hydrogen-bond donors (Lipinski definition) is 1. The summed E-state index contributed by atoms with van der Waals surface area (Å²) < 4.78 is 0. The number of hydrogen-bond acceptors (Lipinski definition) is 3. The van der Waals surface area contributed by atoms with E-state index in [1.165, 1.54) is 57.4 Å². The van der Waals surface area contributed by atoms with E-state index in [0.29, 0.717) is 0 Å². The summed E-state index contributed by atoms with van der Waals surface area (Å²) in [5, 5.41) is 3.51. The van der Waals surface area contributed by atoms with Gasteiger partial charge in [-0.1, -0.05) is 6.42 Å². The van der Waals surface area contributed by atoms with E-state index in [2.05, 4.69) is 41.2 Å². The Morgan fingerprint density at radius 3 is 2.35 bits per heavy atom. The second-order valence-corrected chi connectivity index (χ2v) is 5.67. The maximum absolute atomic E-state index is 4.39. The molecule has 0 amide bonds. The number of likely N-dealkylation sites (tertiary alicyclic amines) is 1. The number of piperidine rings is 1. The second kappa shape index (κ2) is 9.19. The molecular formula is C16H28ClN3. The Balaban J connectivity index is 0.00000200. The number of nitrogens with zero attached hydrogens (tertiary/aromatic N) is 2. The Labute approximate surface area is 129 Å². The highest BCUT2D eigenvalue weighted by atomic mass is 35.5. The van der Waals surface area contributed by atoms with Gasteiger partial charge in [0.1, 0.15) is 0 Å². The van der Waals surface area contributed by atoms with Crippen LogP contribution in [-0.2, 0) is 0 Å². The summed E-state index contributed by atoms with van der Waals surface area (Å²) in [5.74, 6) is 0. The summed E-state index contributed by atoms with van der Waals surface area (Å²) in [6.07, 6.45) is 6.77. The van der Waals surface area contributed by atoms with E-state index in [1.807, 2.05) is 0 Å². The lowest BCUT2D eigenvalue weighted by molar-refractivity contribution is 0.225. The molecule has 4 heteroatoms. The highest BCUT2D eigenvalue weighted by molar-refractivity contribution is 5.85. The SMILES string of the molecule is Cc1cc(NCCCCN2CCCCC2)cc(C)n1.Cl. The van der Waals surface area contributed by atoms with Crippen molar-refractivity contribution in [1.29, 1.82) is 0 Å². The first-order valence-corrected chi connectivity index (χ1v) is 7.65. The van der Waals surface area contributed by atoms with Gasteiger partial charge in [-0.2, -0.15) is 0 Å². The maximum atomic E-state index is 4.39. The Kier molecular flexibility index (Phi) is 7.93. The topological polar surface area (TPSA) is 28.2 Å². The highest BCUT2D eigenvalue weighted by Crippen LogP contribution is 2.12. The zero-order valence-electron chi connectivity index (χ0n) is 12.8. The van der Waals surface area contributed by atoms with Crippen molar-refractivity contribution in [2.24, 2.45) is 0 Å². The van der Waals surface area contributed by atoms with Crippen LogP contribution in [0, 0.1) is 13.8 Å². The summed E-state index contributed by atoms with van der Waals surface area (Å²) >= 11 is 0. The van der Waals surface area contributed by atoms with Crippen molar-refractivity contribution in [3.05, 3.63) is 23.5 Å². The molecule has 0 atom stereocenters. The van der Waals surface area contributed by atoms with Crippen LogP contribution in [0.2, 0.25) is 0 Å². The second-order valence-electron chi connectivity index (χ2n) is 5.67. The first-order chi connectivity index (χ1) is 9.24. The van der Waals surface area contributed by atoms with E-state index in [0.717, 1.165) is 17.9 Å². The zero-order chi connectivity index (χ0) is 13.5. The first-order valence-electron chi connectivity index (χ1n) is 7.65. The molecule has 1 aliphatic heterocycles. The summed E-state index contributed by atoms with van der Waals surface area (Å²) in [6, 6.07) is 4.25. The van der Waals surface area contributed by atoms with Crippen molar-refractivity contribution < 1.29 is 0 Å². The minimum atomic E-state index is 0. The van der Waals surface area contributed by atoms with Crippen LogP contribution >= 0.6 is 12.4 Å². The van der Waals surface area contributed by atoms with E-state index in [1.54, 1.807) is 0 Å². The molecule has 20 heavy (non-hydrogen) atoms. The number of pyridine rings is 1. The smallest absolute Gasteiger partial charge is 0.0396 e. The maximum Gasteiger partial charge on any atom is 0.0396 e. The number of aromatic nitrogens is 1. The quantitative estimate of drug-likeness (QED) is 0.810. The average Bonchev–Trinajstić information content (AvgIpc) is 2.38. The third-order valence-corrected chi connectivity index (χ3v) is 3.76. The van der Waals surface area contributed by atoms with E-state index in [4.69, 9.17) is 0 Å². The molecule has 0 radical (unpaired) electrons. The molecule has 0 aromatic carbocycles. The molecule has 2 rings (SSSR count). The van der Waals surface area contributed by atoms with Crippen LogP contribution in [0.3, 0.4) is 0 Å². The third-order valence-electron chi connectivity index (χ3n) is 3.76. The van der Waals surface area contributed by atoms with E-state index in [-0.39, 0.29) is 12.4 Å². The van der Waals surface area contributed by atoms with Gasteiger partial charge in [-0.15, -0.1) is 12.4 Å². The lowest BCUT2D eigenvalue weighted by Gasteiger charge is -2.26. The number of nitrogens with one attached hydrogen (secondary N) is 1. The fourth-order valence-electron chi connectivity index (χ4n) is 2.81. The first kappa shape index (κ1) is 17.3. The largest absolute Gasteiger partial charge is 0.385 e. The standard InChI is InChI=1S/C16H27N3.ClH/c1-14-12-16(13-15(2)18-14)17-8-4-7-11-19-9-5-3-6-10-19;/h12-13H,3-11H2,1-2H3,(H,17,18);1H. The predicted octanol–water partition coefficient (Wildman–Crippen LogP) is 3.80. The Morgan fingerprint density at radius 1 is 1.05 bits per heavy atom. The van der Waals surface area contributed by atoms with Gasteiger partial charge in [0.15, 0.2) is 0 Å². The Morgan fingerprint density at radius 2 is 1.70 bits per heavy atom. The van der Waals surface area contributed by atoms with Crippen molar-refractivity contribution in [1.82, 2.24) is 9.88 Å². The molecule has 0 saturated carbocycles. The molecule has 1 aliphatic rings. The fraction of sp³-hybridized carbons (Fsp3) is 0.688. The molecule has 1 aromatic heterocycles. The molecule has 114 valence electrons. The molecule has 0 aliphatic carbocycles. The molecule has 1 N–H and O–H groups in total. The van der Waals surface area contributed by atoms with Crippen molar-refractivity contribution in [3.8, 4) is 0 Å². The summed E-state index contributed by atoms with van der Waals surface area (Å²) in [7, 11) is 0. The number of halogens is 1. The van der Waals surface area contributed by atoms with Crippen LogP contribution < -0.4 is 5.32 Å². The van der Waals surface area contributed by atoms with Gasteiger partial charge >= 0.3 is 0 Å².